The third kappa shape index (κ3) is 4.01. The van der Waals surface area contributed by atoms with E-state index in [0.717, 1.165) is 24.5 Å². The first-order valence-electron chi connectivity index (χ1n) is 5.89. The van der Waals surface area contributed by atoms with Gasteiger partial charge in [-0.05, 0) is 18.4 Å². The summed E-state index contributed by atoms with van der Waals surface area (Å²) in [5, 5.41) is 8.41. The number of thiophene rings is 1. The first-order chi connectivity index (χ1) is 8.25. The van der Waals surface area contributed by atoms with Crippen molar-refractivity contribution in [3.63, 3.8) is 0 Å². The minimum absolute atomic E-state index is 0.0143. The molecule has 0 aromatic carbocycles. The molecule has 0 radical (unpaired) electrons. The molecule has 3 nitrogen and oxygen atoms in total. The second-order valence-corrected chi connectivity index (χ2v) is 6.46. The highest BCUT2D eigenvalue weighted by atomic mass is 32.2. The molecule has 0 saturated carbocycles. The van der Waals surface area contributed by atoms with Crippen LogP contribution < -0.4 is 10.6 Å². The normalized spacial score (nSPS) is 22.1. The van der Waals surface area contributed by atoms with E-state index in [-0.39, 0.29) is 18.0 Å². The van der Waals surface area contributed by atoms with E-state index in [1.165, 1.54) is 4.88 Å². The molecular weight excluding hydrogens is 252 g/mol. The lowest BCUT2D eigenvalue weighted by atomic mass is 10.2. The van der Waals surface area contributed by atoms with Crippen molar-refractivity contribution >= 4 is 29.0 Å². The highest BCUT2D eigenvalue weighted by Crippen LogP contribution is 2.12. The Bertz CT molecular complexity index is 347. The Kier molecular flexibility index (Phi) is 4.88. The van der Waals surface area contributed by atoms with Crippen LogP contribution in [0.3, 0.4) is 0 Å². The predicted octanol–water partition coefficient (Wildman–Crippen LogP) is 1.50. The van der Waals surface area contributed by atoms with E-state index in [2.05, 4.69) is 29.0 Å². The quantitative estimate of drug-likeness (QED) is 0.871. The first kappa shape index (κ1) is 12.9. The van der Waals surface area contributed by atoms with Crippen molar-refractivity contribution in [1.29, 1.82) is 0 Å². The van der Waals surface area contributed by atoms with E-state index in [1.807, 2.05) is 17.8 Å². The monoisotopic (exact) mass is 270 g/mol. The minimum atomic E-state index is -0.0143. The zero-order valence-electron chi connectivity index (χ0n) is 9.94. The molecule has 0 aliphatic carbocycles. The van der Waals surface area contributed by atoms with Gasteiger partial charge in [0.25, 0.3) is 0 Å². The average molecular weight is 270 g/mol. The zero-order chi connectivity index (χ0) is 12.1. The number of carbonyl (C=O) groups excluding carboxylic acids is 1. The van der Waals surface area contributed by atoms with Gasteiger partial charge in [-0.2, -0.15) is 11.8 Å². The van der Waals surface area contributed by atoms with Crippen molar-refractivity contribution in [3.8, 4) is 0 Å². The maximum Gasteiger partial charge on any atom is 0.238 e. The molecule has 1 amide bonds. The van der Waals surface area contributed by atoms with Gasteiger partial charge in [-0.1, -0.05) is 6.07 Å². The van der Waals surface area contributed by atoms with Gasteiger partial charge in [0, 0.05) is 35.4 Å². The molecule has 5 heteroatoms. The molecule has 2 rings (SSSR count). The summed E-state index contributed by atoms with van der Waals surface area (Å²) in [6.07, 6.45) is 0.920. The molecule has 2 unspecified atom stereocenters. The molecule has 0 spiro atoms. The Morgan fingerprint density at radius 1 is 1.71 bits per heavy atom. The van der Waals surface area contributed by atoms with E-state index in [4.69, 9.17) is 0 Å². The van der Waals surface area contributed by atoms with Crippen LogP contribution in [0.1, 0.15) is 11.8 Å². The maximum absolute atomic E-state index is 12.0. The zero-order valence-corrected chi connectivity index (χ0v) is 11.6. The highest BCUT2D eigenvalue weighted by Gasteiger charge is 2.21. The molecule has 1 aromatic heterocycles. The highest BCUT2D eigenvalue weighted by molar-refractivity contribution is 7.99. The summed E-state index contributed by atoms with van der Waals surface area (Å²) in [5.74, 6) is 2.13. The molecule has 0 bridgehead atoms. The minimum Gasteiger partial charge on any atom is -0.352 e. The number of rotatable bonds is 4. The van der Waals surface area contributed by atoms with Crippen LogP contribution in [0, 0.1) is 0 Å². The second-order valence-electron chi connectivity index (χ2n) is 4.27. The van der Waals surface area contributed by atoms with E-state index in [0.29, 0.717) is 0 Å². The summed E-state index contributed by atoms with van der Waals surface area (Å²) >= 11 is 3.59. The Morgan fingerprint density at radius 2 is 2.59 bits per heavy atom. The topological polar surface area (TPSA) is 41.1 Å². The number of carbonyl (C=O) groups is 1. The van der Waals surface area contributed by atoms with Crippen molar-refractivity contribution in [1.82, 2.24) is 10.6 Å². The summed E-state index contributed by atoms with van der Waals surface area (Å²) < 4.78 is 0. The SMILES string of the molecule is CC(Cc1cccs1)NC(=O)C1CSCCN1. The standard InChI is InChI=1S/C12H18N2OS2/c1-9(7-10-3-2-5-17-10)14-12(15)11-8-16-6-4-13-11/h2-3,5,9,11,13H,4,6-8H2,1H3,(H,14,15). The number of hydrogen-bond acceptors (Lipinski definition) is 4. The van der Waals surface area contributed by atoms with Gasteiger partial charge in [0.05, 0.1) is 6.04 Å². The third-order valence-corrected chi connectivity index (χ3v) is 4.67. The first-order valence-corrected chi connectivity index (χ1v) is 7.93. The molecule has 1 aliphatic rings. The molecule has 94 valence electrons. The predicted molar refractivity (Wildman–Crippen MR) is 74.7 cm³/mol. The van der Waals surface area contributed by atoms with Crippen LogP contribution in [0.5, 0.6) is 0 Å². The fourth-order valence-corrected chi connectivity index (χ4v) is 3.63. The lowest BCUT2D eigenvalue weighted by Gasteiger charge is -2.24. The molecule has 1 aliphatic heterocycles. The Balaban J connectivity index is 1.77. The van der Waals surface area contributed by atoms with Crippen LogP contribution in [0.25, 0.3) is 0 Å². The van der Waals surface area contributed by atoms with Gasteiger partial charge in [-0.15, -0.1) is 11.3 Å². The number of hydrogen-bond donors (Lipinski definition) is 2. The van der Waals surface area contributed by atoms with Crippen molar-refractivity contribution in [3.05, 3.63) is 22.4 Å². The fourth-order valence-electron chi connectivity index (χ4n) is 1.86. The summed E-state index contributed by atoms with van der Waals surface area (Å²) in [4.78, 5) is 13.3. The van der Waals surface area contributed by atoms with E-state index in [1.54, 1.807) is 11.3 Å². The molecule has 1 aromatic rings. The van der Waals surface area contributed by atoms with Crippen molar-refractivity contribution < 1.29 is 4.79 Å². The van der Waals surface area contributed by atoms with E-state index < -0.39 is 0 Å². The molecule has 1 saturated heterocycles. The Labute approximate surface area is 110 Å². The lowest BCUT2D eigenvalue weighted by Crippen LogP contribution is -2.51. The fraction of sp³-hybridized carbons (Fsp3) is 0.583. The van der Waals surface area contributed by atoms with Crippen LogP contribution in [0.15, 0.2) is 17.5 Å². The number of thioether (sulfide) groups is 1. The van der Waals surface area contributed by atoms with Gasteiger partial charge in [0.1, 0.15) is 0 Å². The van der Waals surface area contributed by atoms with Crippen LogP contribution in [-0.4, -0.2) is 36.0 Å². The summed E-state index contributed by atoms with van der Waals surface area (Å²) in [5.41, 5.74) is 0. The number of nitrogens with one attached hydrogen (secondary N) is 2. The molecule has 2 atom stereocenters. The Morgan fingerprint density at radius 3 is 3.24 bits per heavy atom. The van der Waals surface area contributed by atoms with Crippen LogP contribution in [0.2, 0.25) is 0 Å². The van der Waals surface area contributed by atoms with Crippen molar-refractivity contribution in [2.45, 2.75) is 25.4 Å². The van der Waals surface area contributed by atoms with Crippen LogP contribution in [-0.2, 0) is 11.2 Å². The largest absolute Gasteiger partial charge is 0.352 e. The number of amides is 1. The third-order valence-electron chi connectivity index (χ3n) is 2.71. The summed E-state index contributed by atoms with van der Waals surface area (Å²) in [6, 6.07) is 4.35. The molecule has 17 heavy (non-hydrogen) atoms. The van der Waals surface area contributed by atoms with Crippen molar-refractivity contribution in [2.75, 3.05) is 18.1 Å². The van der Waals surface area contributed by atoms with E-state index >= 15 is 0 Å². The summed E-state index contributed by atoms with van der Waals surface area (Å²) in [6.45, 7) is 3.00. The Hall–Kier alpha value is -0.520. The smallest absolute Gasteiger partial charge is 0.238 e. The molecule has 1 fully saturated rings. The lowest BCUT2D eigenvalue weighted by molar-refractivity contribution is -0.123. The van der Waals surface area contributed by atoms with Crippen molar-refractivity contribution in [2.24, 2.45) is 0 Å². The molecular formula is C12H18N2OS2. The maximum atomic E-state index is 12.0. The van der Waals surface area contributed by atoms with Gasteiger partial charge in [0.2, 0.25) is 5.91 Å². The summed E-state index contributed by atoms with van der Waals surface area (Å²) in [7, 11) is 0. The van der Waals surface area contributed by atoms with E-state index in [9.17, 15) is 4.79 Å². The van der Waals surface area contributed by atoms with Gasteiger partial charge >= 0.3 is 0 Å². The van der Waals surface area contributed by atoms with Crippen LogP contribution in [0.4, 0.5) is 0 Å². The van der Waals surface area contributed by atoms with Gasteiger partial charge < -0.3 is 10.6 Å². The average Bonchev–Trinajstić information content (AvgIpc) is 2.82. The molecule has 2 heterocycles. The van der Waals surface area contributed by atoms with Gasteiger partial charge in [0.15, 0.2) is 0 Å². The van der Waals surface area contributed by atoms with Gasteiger partial charge in [-0.3, -0.25) is 4.79 Å². The second kappa shape index (κ2) is 6.42. The van der Waals surface area contributed by atoms with Gasteiger partial charge in [-0.25, -0.2) is 0 Å². The molecule has 2 N–H and O–H groups in total. The van der Waals surface area contributed by atoms with Crippen LogP contribution >= 0.6 is 23.1 Å².